The van der Waals surface area contributed by atoms with E-state index in [1.165, 1.54) is 0 Å². The topological polar surface area (TPSA) is 49.3 Å². The zero-order valence-electron chi connectivity index (χ0n) is 11.0. The first kappa shape index (κ1) is 14.8. The van der Waals surface area contributed by atoms with Crippen LogP contribution in [0.15, 0.2) is 12.3 Å². The van der Waals surface area contributed by atoms with Crippen LogP contribution in [-0.4, -0.2) is 45.0 Å². The van der Waals surface area contributed by atoms with Gasteiger partial charge in [0.1, 0.15) is 5.69 Å². The molecule has 5 nitrogen and oxygen atoms in total. The molecule has 0 aromatic carbocycles. The largest absolute Gasteiger partial charge is 0.433 e. The van der Waals surface area contributed by atoms with Gasteiger partial charge in [0.15, 0.2) is 0 Å². The van der Waals surface area contributed by atoms with Crippen molar-refractivity contribution < 1.29 is 18.0 Å². The van der Waals surface area contributed by atoms with Crippen molar-refractivity contribution in [2.75, 3.05) is 25.0 Å². The fourth-order valence-corrected chi connectivity index (χ4v) is 3.33. The predicted molar refractivity (Wildman–Crippen MR) is 77.2 cm³/mol. The van der Waals surface area contributed by atoms with Gasteiger partial charge < -0.3 is 9.80 Å². The summed E-state index contributed by atoms with van der Waals surface area (Å²) in [5, 5.41) is 0. The Morgan fingerprint density at radius 3 is 2.57 bits per heavy atom. The van der Waals surface area contributed by atoms with Crippen LogP contribution in [0, 0.1) is 11.8 Å². The highest BCUT2D eigenvalue weighted by atomic mass is 127. The molecule has 0 bridgehead atoms. The molecule has 1 aliphatic heterocycles. The molecule has 2 aliphatic rings. The molecule has 21 heavy (non-hydrogen) atoms. The Kier molecular flexibility index (Phi) is 3.49. The Morgan fingerprint density at radius 1 is 1.43 bits per heavy atom. The number of anilines is 1. The number of fused-ring (bicyclic) bond motifs is 1. The van der Waals surface area contributed by atoms with E-state index in [1.54, 1.807) is 39.4 Å². The van der Waals surface area contributed by atoms with E-state index in [4.69, 9.17) is 0 Å². The van der Waals surface area contributed by atoms with Gasteiger partial charge in [0.2, 0.25) is 5.95 Å². The van der Waals surface area contributed by atoms with E-state index < -0.39 is 11.9 Å². The molecule has 3 atom stereocenters. The van der Waals surface area contributed by atoms with Crippen molar-refractivity contribution in [2.24, 2.45) is 11.8 Å². The van der Waals surface area contributed by atoms with E-state index in [1.807, 2.05) is 0 Å². The first-order valence-electron chi connectivity index (χ1n) is 6.36. The van der Waals surface area contributed by atoms with Gasteiger partial charge in [-0.3, -0.25) is 4.79 Å². The quantitative estimate of drug-likeness (QED) is 0.426. The molecule has 114 valence electrons. The van der Waals surface area contributed by atoms with Gasteiger partial charge in [-0.05, 0) is 6.07 Å². The third-order valence-corrected chi connectivity index (χ3v) is 4.85. The van der Waals surface area contributed by atoms with Crippen LogP contribution in [0.4, 0.5) is 23.9 Å². The predicted octanol–water partition coefficient (Wildman–Crippen LogP) is 2.42. The first-order chi connectivity index (χ1) is 9.79. The zero-order chi connectivity index (χ0) is 15.4. The molecule has 1 aromatic rings. The Balaban J connectivity index is 1.69. The van der Waals surface area contributed by atoms with Crippen LogP contribution in [0.3, 0.4) is 0 Å². The average Bonchev–Trinajstić information content (AvgIpc) is 2.90. The fraction of sp³-hybridized carbons (Fsp3) is 0.583. The van der Waals surface area contributed by atoms with Gasteiger partial charge in [0.25, 0.3) is 3.91 Å². The maximum absolute atomic E-state index is 12.6. The SMILES string of the molecule is CN(C(=O)I)[C@H]1[C@@H]2CN(c3nccc(C(F)(F)F)n3)C[C@@H]21. The van der Waals surface area contributed by atoms with E-state index in [0.29, 0.717) is 24.9 Å². The number of hydrogen-bond acceptors (Lipinski definition) is 4. The van der Waals surface area contributed by atoms with Crippen molar-refractivity contribution in [3.8, 4) is 0 Å². The van der Waals surface area contributed by atoms with Crippen molar-refractivity contribution in [1.82, 2.24) is 14.9 Å². The van der Waals surface area contributed by atoms with Crippen molar-refractivity contribution in [1.29, 1.82) is 0 Å². The van der Waals surface area contributed by atoms with E-state index in [2.05, 4.69) is 9.97 Å². The van der Waals surface area contributed by atoms with Crippen LogP contribution >= 0.6 is 22.6 Å². The highest BCUT2D eigenvalue weighted by Gasteiger charge is 2.59. The van der Waals surface area contributed by atoms with Gasteiger partial charge in [-0.2, -0.15) is 13.2 Å². The molecular weight excluding hydrogens is 400 g/mol. The fourth-order valence-electron chi connectivity index (χ4n) is 3.01. The number of halogens is 4. The number of aromatic nitrogens is 2. The van der Waals surface area contributed by atoms with E-state index in [9.17, 15) is 18.0 Å². The highest BCUT2D eigenvalue weighted by molar-refractivity contribution is 14.1. The molecule has 1 aliphatic carbocycles. The highest BCUT2D eigenvalue weighted by Crippen LogP contribution is 2.49. The smallest absolute Gasteiger partial charge is 0.340 e. The Bertz CT molecular complexity index is 570. The van der Waals surface area contributed by atoms with E-state index >= 15 is 0 Å². The van der Waals surface area contributed by atoms with Crippen molar-refractivity contribution in [3.63, 3.8) is 0 Å². The number of hydrogen-bond donors (Lipinski definition) is 0. The molecule has 0 N–H and O–H groups in total. The van der Waals surface area contributed by atoms with E-state index in [0.717, 1.165) is 12.3 Å². The molecule has 2 heterocycles. The lowest BCUT2D eigenvalue weighted by Gasteiger charge is -2.23. The standard InChI is InChI=1S/C12H12F3IN4O/c1-19(10(16)21)9-6-4-20(5-7(6)9)11-17-3-2-8(18-11)12(13,14)15/h2-3,6-7,9H,4-5H2,1H3/t6-,7+,9+. The molecule has 1 aromatic heterocycles. The third kappa shape index (κ3) is 2.67. The zero-order valence-corrected chi connectivity index (χ0v) is 13.2. The maximum atomic E-state index is 12.6. The van der Waals surface area contributed by atoms with Crippen LogP contribution < -0.4 is 4.90 Å². The van der Waals surface area contributed by atoms with Crippen molar-refractivity contribution in [3.05, 3.63) is 18.0 Å². The molecule has 1 saturated carbocycles. The van der Waals surface area contributed by atoms with Gasteiger partial charge in [0, 0.05) is 66.8 Å². The van der Waals surface area contributed by atoms with Crippen molar-refractivity contribution in [2.45, 2.75) is 12.2 Å². The summed E-state index contributed by atoms with van der Waals surface area (Å²) in [4.78, 5) is 22.3. The molecular formula is C12H12F3IN4O. The first-order valence-corrected chi connectivity index (χ1v) is 7.44. The van der Waals surface area contributed by atoms with Gasteiger partial charge >= 0.3 is 6.18 Å². The van der Waals surface area contributed by atoms with E-state index in [-0.39, 0.29) is 15.9 Å². The van der Waals surface area contributed by atoms with Gasteiger partial charge in [-0.15, -0.1) is 0 Å². The molecule has 0 radical (unpaired) electrons. The number of nitrogens with zero attached hydrogens (tertiary/aromatic N) is 4. The maximum Gasteiger partial charge on any atom is 0.433 e. The molecule has 3 rings (SSSR count). The summed E-state index contributed by atoms with van der Waals surface area (Å²) < 4.78 is 37.9. The normalized spacial score (nSPS) is 27.5. The van der Waals surface area contributed by atoms with Crippen LogP contribution in [0.25, 0.3) is 0 Å². The summed E-state index contributed by atoms with van der Waals surface area (Å²) in [5.41, 5.74) is -0.927. The molecule has 0 spiro atoms. The summed E-state index contributed by atoms with van der Waals surface area (Å²) in [6, 6.07) is 1.06. The molecule has 2 fully saturated rings. The molecule has 9 heteroatoms. The Morgan fingerprint density at radius 2 is 2.05 bits per heavy atom. The number of rotatable bonds is 2. The average molecular weight is 412 g/mol. The Labute approximate surface area is 132 Å². The number of amides is 1. The van der Waals surface area contributed by atoms with Gasteiger partial charge in [-0.25, -0.2) is 9.97 Å². The van der Waals surface area contributed by atoms with Crippen LogP contribution in [0.5, 0.6) is 0 Å². The van der Waals surface area contributed by atoms with Gasteiger partial charge in [-0.1, -0.05) is 0 Å². The second-order valence-corrected chi connectivity index (χ2v) is 6.25. The molecule has 1 saturated heterocycles. The molecule has 1 amide bonds. The lowest BCUT2D eigenvalue weighted by Crippen LogP contribution is -2.34. The summed E-state index contributed by atoms with van der Waals surface area (Å²) in [5.74, 6) is 0.706. The number of carbonyl (C=O) groups excluding carboxylic acids is 1. The summed E-state index contributed by atoms with van der Waals surface area (Å²) in [6.07, 6.45) is -3.33. The minimum atomic E-state index is -4.46. The lowest BCUT2D eigenvalue weighted by atomic mass is 10.3. The minimum Gasteiger partial charge on any atom is -0.340 e. The third-order valence-electron chi connectivity index (χ3n) is 4.09. The number of carbonyl (C=O) groups is 1. The number of piperidine rings is 1. The van der Waals surface area contributed by atoms with Crippen LogP contribution in [-0.2, 0) is 6.18 Å². The summed E-state index contributed by atoms with van der Waals surface area (Å²) in [6.45, 7) is 1.18. The second kappa shape index (κ2) is 4.96. The van der Waals surface area contributed by atoms with Crippen molar-refractivity contribution >= 4 is 32.5 Å². The monoisotopic (exact) mass is 412 g/mol. The lowest BCUT2D eigenvalue weighted by molar-refractivity contribution is -0.141. The molecule has 0 unspecified atom stereocenters. The van der Waals surface area contributed by atoms with Crippen LogP contribution in [0.2, 0.25) is 0 Å². The van der Waals surface area contributed by atoms with Gasteiger partial charge in [0.05, 0.1) is 0 Å². The summed E-state index contributed by atoms with van der Waals surface area (Å²) in [7, 11) is 1.75. The Hall–Kier alpha value is -1.13. The summed E-state index contributed by atoms with van der Waals surface area (Å²) >= 11 is 1.74. The number of alkyl halides is 3. The van der Waals surface area contributed by atoms with Crippen LogP contribution in [0.1, 0.15) is 5.69 Å². The second-order valence-electron chi connectivity index (χ2n) is 5.33. The minimum absolute atomic E-state index is 0.0196.